The Balaban J connectivity index is 1.47. The van der Waals surface area contributed by atoms with Gasteiger partial charge in [0.15, 0.2) is 17.6 Å². The number of thiophene rings is 1. The molecule has 0 radical (unpaired) electrons. The lowest BCUT2D eigenvalue weighted by atomic mass is 10.1. The van der Waals surface area contributed by atoms with Crippen molar-refractivity contribution in [3.63, 3.8) is 0 Å². The summed E-state index contributed by atoms with van der Waals surface area (Å²) in [6.07, 6.45) is 3.33. The van der Waals surface area contributed by atoms with E-state index in [1.807, 2.05) is 42.6 Å². The molecule has 1 amide bonds. The largest absolute Gasteiger partial charge is 0.486 e. The molecule has 0 saturated heterocycles. The SMILES string of the molecule is CN(C[C@H]1COc2ccccc2O1)C(=O)c1c[nH]cc1-c1ccc(Cl)s1. The van der Waals surface area contributed by atoms with Crippen molar-refractivity contribution in [3.05, 3.63) is 58.7 Å². The minimum atomic E-state index is -0.211. The van der Waals surface area contributed by atoms with Crippen molar-refractivity contribution in [2.45, 2.75) is 6.10 Å². The predicted octanol–water partition coefficient (Wildman–Crippen LogP) is 4.31. The highest BCUT2D eigenvalue weighted by molar-refractivity contribution is 7.19. The number of halogens is 1. The van der Waals surface area contributed by atoms with E-state index in [4.69, 9.17) is 21.1 Å². The summed E-state index contributed by atoms with van der Waals surface area (Å²) in [5, 5.41) is 0. The van der Waals surface area contributed by atoms with Crippen LogP contribution >= 0.6 is 22.9 Å². The summed E-state index contributed by atoms with van der Waals surface area (Å²) in [5.74, 6) is 1.37. The minimum Gasteiger partial charge on any atom is -0.486 e. The van der Waals surface area contributed by atoms with Crippen LogP contribution in [0.5, 0.6) is 11.5 Å². The number of fused-ring (bicyclic) bond motifs is 1. The molecule has 7 heteroatoms. The molecular weight excluding hydrogens is 372 g/mol. The molecule has 0 unspecified atom stereocenters. The number of nitrogens with one attached hydrogen (secondary N) is 1. The average Bonchev–Trinajstić information content (AvgIpc) is 3.29. The summed E-state index contributed by atoms with van der Waals surface area (Å²) < 4.78 is 12.4. The van der Waals surface area contributed by atoms with E-state index >= 15 is 0 Å². The maximum absolute atomic E-state index is 12.9. The zero-order valence-corrected chi connectivity index (χ0v) is 15.6. The first-order chi connectivity index (χ1) is 12.6. The monoisotopic (exact) mass is 388 g/mol. The number of benzene rings is 1. The van der Waals surface area contributed by atoms with Crippen LogP contribution in [0.1, 0.15) is 10.4 Å². The van der Waals surface area contributed by atoms with Gasteiger partial charge in [-0.15, -0.1) is 11.3 Å². The van der Waals surface area contributed by atoms with E-state index in [0.717, 1.165) is 16.2 Å². The molecule has 0 fully saturated rings. The number of para-hydroxylation sites is 2. The summed E-state index contributed by atoms with van der Waals surface area (Å²) in [7, 11) is 1.77. The number of aromatic nitrogens is 1. The van der Waals surface area contributed by atoms with E-state index < -0.39 is 0 Å². The summed E-state index contributed by atoms with van der Waals surface area (Å²) in [5.41, 5.74) is 1.47. The number of carbonyl (C=O) groups is 1. The summed E-state index contributed by atoms with van der Waals surface area (Å²) >= 11 is 7.47. The van der Waals surface area contributed by atoms with E-state index in [2.05, 4.69) is 4.98 Å². The number of hydrogen-bond donors (Lipinski definition) is 1. The lowest BCUT2D eigenvalue weighted by Crippen LogP contribution is -2.41. The van der Waals surface area contributed by atoms with Gasteiger partial charge in [0.2, 0.25) is 0 Å². The van der Waals surface area contributed by atoms with E-state index in [1.54, 1.807) is 18.1 Å². The lowest BCUT2D eigenvalue weighted by Gasteiger charge is -2.29. The molecule has 4 rings (SSSR count). The highest BCUT2D eigenvalue weighted by Crippen LogP contribution is 2.34. The first-order valence-electron chi connectivity index (χ1n) is 8.18. The van der Waals surface area contributed by atoms with Crippen molar-refractivity contribution in [2.75, 3.05) is 20.2 Å². The molecular formula is C19H17ClN2O3S. The molecule has 134 valence electrons. The topological polar surface area (TPSA) is 54.6 Å². The van der Waals surface area contributed by atoms with Crippen LogP contribution in [0.4, 0.5) is 0 Å². The Labute approximate surface area is 160 Å². The molecule has 0 spiro atoms. The quantitative estimate of drug-likeness (QED) is 0.724. The van der Waals surface area contributed by atoms with Crippen LogP contribution in [0.2, 0.25) is 4.34 Å². The smallest absolute Gasteiger partial charge is 0.255 e. The predicted molar refractivity (Wildman–Crippen MR) is 102 cm³/mol. The van der Waals surface area contributed by atoms with Gasteiger partial charge in [-0.05, 0) is 24.3 Å². The standard InChI is InChI=1S/C19H17ClN2O3S/c1-22(10-12-11-24-15-4-2-3-5-16(15)25-12)19(23)14-9-21-8-13(14)17-6-7-18(20)26-17/h2-9,12,21H,10-11H2,1H3/t12-/m0/s1. The summed E-state index contributed by atoms with van der Waals surface area (Å²) in [6, 6.07) is 11.3. The van der Waals surface area contributed by atoms with Crippen molar-refractivity contribution in [1.82, 2.24) is 9.88 Å². The molecule has 26 heavy (non-hydrogen) atoms. The van der Waals surface area contributed by atoms with Gasteiger partial charge >= 0.3 is 0 Å². The van der Waals surface area contributed by atoms with Crippen molar-refractivity contribution in [1.29, 1.82) is 0 Å². The number of nitrogens with zero attached hydrogens (tertiary/aromatic N) is 1. The van der Waals surface area contributed by atoms with Crippen molar-refractivity contribution >= 4 is 28.8 Å². The molecule has 0 aliphatic carbocycles. The van der Waals surface area contributed by atoms with Crippen LogP contribution in [0.15, 0.2) is 48.8 Å². The van der Waals surface area contributed by atoms with Crippen LogP contribution in [0.25, 0.3) is 10.4 Å². The van der Waals surface area contributed by atoms with Gasteiger partial charge < -0.3 is 19.4 Å². The molecule has 1 aliphatic heterocycles. The van der Waals surface area contributed by atoms with Crippen molar-refractivity contribution in [3.8, 4) is 21.9 Å². The van der Waals surface area contributed by atoms with Gasteiger partial charge in [-0.25, -0.2) is 0 Å². The molecule has 1 aromatic carbocycles. The number of carbonyl (C=O) groups excluding carboxylic acids is 1. The van der Waals surface area contributed by atoms with Gasteiger partial charge in [-0.2, -0.15) is 0 Å². The van der Waals surface area contributed by atoms with Crippen LogP contribution in [0, 0.1) is 0 Å². The molecule has 1 aliphatic rings. The van der Waals surface area contributed by atoms with Crippen molar-refractivity contribution < 1.29 is 14.3 Å². The highest BCUT2D eigenvalue weighted by Gasteiger charge is 2.25. The van der Waals surface area contributed by atoms with Gasteiger partial charge in [-0.3, -0.25) is 4.79 Å². The fourth-order valence-corrected chi connectivity index (χ4v) is 4.02. The van der Waals surface area contributed by atoms with E-state index in [0.29, 0.717) is 28.8 Å². The number of amides is 1. The minimum absolute atomic E-state index is 0.0757. The van der Waals surface area contributed by atoms with E-state index in [9.17, 15) is 4.79 Å². The van der Waals surface area contributed by atoms with Crippen LogP contribution in [0.3, 0.4) is 0 Å². The number of ether oxygens (including phenoxy) is 2. The third kappa shape index (κ3) is 3.30. The number of aromatic amines is 1. The summed E-state index contributed by atoms with van der Waals surface area (Å²) in [4.78, 5) is 18.5. The second-order valence-electron chi connectivity index (χ2n) is 6.07. The highest BCUT2D eigenvalue weighted by atomic mass is 35.5. The molecule has 3 aromatic rings. The number of rotatable bonds is 4. The molecule has 1 N–H and O–H groups in total. The Morgan fingerprint density at radius 3 is 2.85 bits per heavy atom. The third-order valence-electron chi connectivity index (χ3n) is 4.21. The summed E-state index contributed by atoms with van der Waals surface area (Å²) in [6.45, 7) is 0.845. The molecule has 2 aromatic heterocycles. The number of H-pyrrole nitrogens is 1. The van der Waals surface area contributed by atoms with Crippen LogP contribution in [-0.4, -0.2) is 42.1 Å². The fraction of sp³-hybridized carbons (Fsp3) is 0.211. The normalized spacial score (nSPS) is 15.7. The van der Waals surface area contributed by atoms with Gasteiger partial charge in [-0.1, -0.05) is 23.7 Å². The van der Waals surface area contributed by atoms with Gasteiger partial charge in [0.05, 0.1) is 16.4 Å². The molecule has 5 nitrogen and oxygen atoms in total. The fourth-order valence-electron chi connectivity index (χ4n) is 2.95. The molecule has 0 saturated carbocycles. The Bertz CT molecular complexity index is 936. The van der Waals surface area contributed by atoms with Gasteiger partial charge in [0.1, 0.15) is 6.61 Å². The Morgan fingerprint density at radius 2 is 2.08 bits per heavy atom. The molecule has 1 atom stereocenters. The van der Waals surface area contributed by atoms with E-state index in [-0.39, 0.29) is 12.0 Å². The van der Waals surface area contributed by atoms with Gasteiger partial charge in [0.25, 0.3) is 5.91 Å². The zero-order valence-electron chi connectivity index (χ0n) is 14.1. The molecule has 0 bridgehead atoms. The second-order valence-corrected chi connectivity index (χ2v) is 7.78. The maximum Gasteiger partial charge on any atom is 0.255 e. The first kappa shape index (κ1) is 17.0. The molecule has 3 heterocycles. The number of likely N-dealkylation sites (N-methyl/N-ethyl adjacent to an activating group) is 1. The second kappa shape index (κ2) is 7.05. The third-order valence-corrected chi connectivity index (χ3v) is 5.47. The van der Waals surface area contributed by atoms with Crippen molar-refractivity contribution in [2.24, 2.45) is 0 Å². The van der Waals surface area contributed by atoms with Crippen LogP contribution in [-0.2, 0) is 0 Å². The Morgan fingerprint density at radius 1 is 1.27 bits per heavy atom. The van der Waals surface area contributed by atoms with Gasteiger partial charge in [0, 0.05) is 29.9 Å². The Hall–Kier alpha value is -2.44. The lowest BCUT2D eigenvalue weighted by molar-refractivity contribution is 0.0521. The first-order valence-corrected chi connectivity index (χ1v) is 9.37. The number of hydrogen-bond acceptors (Lipinski definition) is 4. The zero-order chi connectivity index (χ0) is 18.1. The van der Waals surface area contributed by atoms with Crippen LogP contribution < -0.4 is 9.47 Å². The Kier molecular flexibility index (Phi) is 4.61. The van der Waals surface area contributed by atoms with E-state index in [1.165, 1.54) is 11.3 Å². The maximum atomic E-state index is 12.9. The average molecular weight is 389 g/mol.